The molecule has 0 spiro atoms. The summed E-state index contributed by atoms with van der Waals surface area (Å²) in [7, 11) is -2.25. The molecule has 2 rings (SSSR count). The van der Waals surface area contributed by atoms with Gasteiger partial charge in [0.2, 0.25) is 5.03 Å². The number of aromatic nitrogens is 3. The number of halogens is 3. The molecule has 2 aromatic rings. The van der Waals surface area contributed by atoms with E-state index in [9.17, 15) is 8.42 Å². The van der Waals surface area contributed by atoms with Crippen LogP contribution in [-0.2, 0) is 17.1 Å². The lowest BCUT2D eigenvalue weighted by molar-refractivity contribution is 0.578. The van der Waals surface area contributed by atoms with E-state index in [-0.39, 0.29) is 9.63 Å². The summed E-state index contributed by atoms with van der Waals surface area (Å²) in [5.74, 6) is 0. The molecule has 1 heterocycles. The maximum absolute atomic E-state index is 12.3. The van der Waals surface area contributed by atoms with Crippen LogP contribution in [0.4, 0.5) is 5.69 Å². The van der Waals surface area contributed by atoms with Gasteiger partial charge < -0.3 is 0 Å². The van der Waals surface area contributed by atoms with Crippen LogP contribution in [0.15, 0.2) is 32.3 Å². The highest BCUT2D eigenvalue weighted by atomic mass is 127. The quantitative estimate of drug-likeness (QED) is 0.630. The van der Waals surface area contributed by atoms with Gasteiger partial charge in [0.05, 0.1) is 5.69 Å². The highest BCUT2D eigenvalue weighted by molar-refractivity contribution is 14.1. The zero-order valence-electron chi connectivity index (χ0n) is 9.43. The van der Waals surface area contributed by atoms with E-state index in [4.69, 9.17) is 0 Å². The molecule has 1 aromatic heterocycles. The molecule has 6 nitrogen and oxygen atoms in total. The molecule has 102 valence electrons. The van der Waals surface area contributed by atoms with Crippen LogP contribution in [0.1, 0.15) is 0 Å². The van der Waals surface area contributed by atoms with Gasteiger partial charge in [-0.2, -0.15) is 8.42 Å². The van der Waals surface area contributed by atoms with Gasteiger partial charge in [-0.15, -0.1) is 5.10 Å². The molecule has 0 aliphatic carbocycles. The molecule has 0 unspecified atom stereocenters. The topological polar surface area (TPSA) is 76.9 Å². The molecule has 0 radical (unpaired) electrons. The van der Waals surface area contributed by atoms with Gasteiger partial charge in [-0.25, -0.2) is 4.68 Å². The van der Waals surface area contributed by atoms with E-state index < -0.39 is 10.0 Å². The highest BCUT2D eigenvalue weighted by Crippen LogP contribution is 2.28. The highest BCUT2D eigenvalue weighted by Gasteiger charge is 2.24. The van der Waals surface area contributed by atoms with E-state index in [1.165, 1.54) is 11.7 Å². The predicted molar refractivity (Wildman–Crippen MR) is 86.4 cm³/mol. The van der Waals surface area contributed by atoms with E-state index in [1.807, 2.05) is 6.07 Å². The number of nitrogens with zero attached hydrogens (tertiary/aromatic N) is 3. The molecule has 0 atom stereocenters. The Morgan fingerprint density at radius 3 is 2.58 bits per heavy atom. The molecule has 0 fully saturated rings. The number of anilines is 1. The van der Waals surface area contributed by atoms with E-state index in [0.29, 0.717) is 10.2 Å². The molecule has 0 bridgehead atoms. The smallest absolute Gasteiger partial charge is 0.277 e. The van der Waals surface area contributed by atoms with Crippen LogP contribution in [0, 0.1) is 3.57 Å². The molecule has 0 aliphatic heterocycles. The van der Waals surface area contributed by atoms with Crippen molar-refractivity contribution in [3.8, 4) is 0 Å². The number of rotatable bonds is 3. The van der Waals surface area contributed by atoms with Crippen LogP contribution in [-0.4, -0.2) is 23.4 Å². The fourth-order valence-electron chi connectivity index (χ4n) is 1.37. The Bertz CT molecular complexity index is 712. The van der Waals surface area contributed by atoms with Gasteiger partial charge in [-0.05, 0) is 72.6 Å². The largest absolute Gasteiger partial charge is 0.281 e. The third-order valence-corrected chi connectivity index (χ3v) is 5.75. The number of benzene rings is 1. The van der Waals surface area contributed by atoms with Crippen molar-refractivity contribution >= 4 is 70.2 Å². The Morgan fingerprint density at radius 2 is 2.05 bits per heavy atom. The molecule has 1 aromatic carbocycles. The molecule has 1 N–H and O–H groups in total. The lowest BCUT2D eigenvalue weighted by Gasteiger charge is -2.09. The molecule has 0 saturated heterocycles. The summed E-state index contributed by atoms with van der Waals surface area (Å²) in [5.41, 5.74) is 0.452. The number of hydrogen-bond acceptors (Lipinski definition) is 4. The Labute approximate surface area is 140 Å². The minimum atomic E-state index is -3.76. The van der Waals surface area contributed by atoms with Gasteiger partial charge in [-0.1, -0.05) is 5.21 Å². The standard InChI is InChI=1S/C9H7Br2IN4O2S/c1-16-9(8(11)13-15-16)19(17,18)14-7-3-2-5(12)4-6(7)10/h2-4,14H,1H3. The van der Waals surface area contributed by atoms with Crippen molar-refractivity contribution in [2.24, 2.45) is 7.05 Å². The Morgan fingerprint density at radius 1 is 1.37 bits per heavy atom. The van der Waals surface area contributed by atoms with Crippen molar-refractivity contribution < 1.29 is 8.42 Å². The first-order valence-electron chi connectivity index (χ1n) is 4.84. The average Bonchev–Trinajstić information content (AvgIpc) is 2.63. The van der Waals surface area contributed by atoms with Crippen LogP contribution in [0.2, 0.25) is 0 Å². The van der Waals surface area contributed by atoms with E-state index in [2.05, 4.69) is 69.5 Å². The van der Waals surface area contributed by atoms with Crippen LogP contribution in [0.25, 0.3) is 0 Å². The van der Waals surface area contributed by atoms with Gasteiger partial charge in [-0.3, -0.25) is 4.72 Å². The predicted octanol–water partition coefficient (Wildman–Crippen LogP) is 2.75. The number of nitrogens with one attached hydrogen (secondary N) is 1. The van der Waals surface area contributed by atoms with Gasteiger partial charge in [0.25, 0.3) is 10.0 Å². The third kappa shape index (κ3) is 3.28. The Hall–Kier alpha value is -0.200. The van der Waals surface area contributed by atoms with Gasteiger partial charge in [0, 0.05) is 15.1 Å². The van der Waals surface area contributed by atoms with Crippen LogP contribution in [0.3, 0.4) is 0 Å². The van der Waals surface area contributed by atoms with Crippen molar-refractivity contribution in [3.05, 3.63) is 30.8 Å². The molecule has 0 amide bonds. The second-order valence-electron chi connectivity index (χ2n) is 3.54. The molecule has 0 aliphatic rings. The van der Waals surface area contributed by atoms with E-state index in [0.717, 1.165) is 3.57 Å². The van der Waals surface area contributed by atoms with Gasteiger partial charge in [0.15, 0.2) is 4.60 Å². The van der Waals surface area contributed by atoms with Crippen molar-refractivity contribution in [3.63, 3.8) is 0 Å². The van der Waals surface area contributed by atoms with Crippen LogP contribution in [0.5, 0.6) is 0 Å². The maximum Gasteiger partial charge on any atom is 0.281 e. The minimum absolute atomic E-state index is 0.0297. The minimum Gasteiger partial charge on any atom is -0.277 e. The normalized spacial score (nSPS) is 11.6. The van der Waals surface area contributed by atoms with Crippen LogP contribution >= 0.6 is 54.5 Å². The molecular weight excluding hydrogens is 515 g/mol. The summed E-state index contributed by atoms with van der Waals surface area (Å²) in [6, 6.07) is 5.30. The van der Waals surface area contributed by atoms with Crippen molar-refractivity contribution in [1.82, 2.24) is 15.0 Å². The zero-order valence-corrected chi connectivity index (χ0v) is 15.6. The Kier molecular flexibility index (Phi) is 4.52. The molecule has 10 heteroatoms. The van der Waals surface area contributed by atoms with Crippen molar-refractivity contribution in [1.29, 1.82) is 0 Å². The van der Waals surface area contributed by atoms with Crippen molar-refractivity contribution in [2.75, 3.05) is 4.72 Å². The van der Waals surface area contributed by atoms with Crippen LogP contribution < -0.4 is 4.72 Å². The lowest BCUT2D eigenvalue weighted by atomic mass is 10.3. The zero-order chi connectivity index (χ0) is 14.2. The van der Waals surface area contributed by atoms with Gasteiger partial charge >= 0.3 is 0 Å². The fraction of sp³-hybridized carbons (Fsp3) is 0.111. The summed E-state index contributed by atoms with van der Waals surface area (Å²) in [6.45, 7) is 0. The monoisotopic (exact) mass is 520 g/mol. The van der Waals surface area contributed by atoms with Gasteiger partial charge in [0.1, 0.15) is 0 Å². The first-order chi connectivity index (χ1) is 8.81. The number of aryl methyl sites for hydroxylation is 1. The fourth-order valence-corrected chi connectivity index (χ4v) is 5.08. The lowest BCUT2D eigenvalue weighted by Crippen LogP contribution is -2.17. The summed E-state index contributed by atoms with van der Waals surface area (Å²) in [5, 5.41) is 7.28. The van der Waals surface area contributed by atoms with E-state index in [1.54, 1.807) is 12.1 Å². The maximum atomic E-state index is 12.3. The van der Waals surface area contributed by atoms with E-state index >= 15 is 0 Å². The first-order valence-corrected chi connectivity index (χ1v) is 8.99. The third-order valence-electron chi connectivity index (χ3n) is 2.17. The SMILES string of the molecule is Cn1nnc(Br)c1S(=O)(=O)Nc1ccc(I)cc1Br. The number of hydrogen-bond donors (Lipinski definition) is 1. The Balaban J connectivity index is 2.42. The summed E-state index contributed by atoms with van der Waals surface area (Å²) < 4.78 is 30.1. The second kappa shape index (κ2) is 5.66. The molecule has 0 saturated carbocycles. The van der Waals surface area contributed by atoms with Crippen molar-refractivity contribution in [2.45, 2.75) is 5.03 Å². The first kappa shape index (κ1) is 15.2. The molecule has 19 heavy (non-hydrogen) atoms. The molecular formula is C9H7Br2IN4O2S. The summed E-state index contributed by atoms with van der Waals surface area (Å²) in [6.07, 6.45) is 0. The average molecular weight is 522 g/mol. The second-order valence-corrected chi connectivity index (χ2v) is 7.99. The summed E-state index contributed by atoms with van der Waals surface area (Å²) >= 11 is 8.53. The summed E-state index contributed by atoms with van der Waals surface area (Å²) in [4.78, 5) is 0. The number of sulfonamides is 1.